The predicted octanol–water partition coefficient (Wildman–Crippen LogP) is 2.33. The first-order valence-corrected chi connectivity index (χ1v) is 5.58. The van der Waals surface area contributed by atoms with Gasteiger partial charge < -0.3 is 10.4 Å². The number of nitro groups is 1. The molecule has 5 heteroatoms. The van der Waals surface area contributed by atoms with E-state index in [9.17, 15) is 15.2 Å². The third kappa shape index (κ3) is 3.17. The topological polar surface area (TPSA) is 75.4 Å². The zero-order chi connectivity index (χ0) is 13.0. The number of nitro benzene ring substituents is 1. The molecular weight excluding hydrogens is 220 g/mol. The molecule has 0 heterocycles. The van der Waals surface area contributed by atoms with Gasteiger partial charge in [0.15, 0.2) is 0 Å². The van der Waals surface area contributed by atoms with Crippen molar-refractivity contribution in [3.8, 4) is 0 Å². The largest absolute Gasteiger partial charge is 0.394 e. The van der Waals surface area contributed by atoms with Crippen LogP contribution in [0.2, 0.25) is 0 Å². The molecule has 0 aliphatic heterocycles. The maximum Gasteiger partial charge on any atom is 0.274 e. The fourth-order valence-corrected chi connectivity index (χ4v) is 1.60. The van der Waals surface area contributed by atoms with Crippen molar-refractivity contribution >= 4 is 11.4 Å². The number of aliphatic hydroxyl groups excluding tert-OH is 1. The maximum atomic E-state index is 10.8. The molecule has 0 saturated heterocycles. The van der Waals surface area contributed by atoms with Crippen molar-refractivity contribution in [2.75, 3.05) is 11.9 Å². The normalized spacial score (nSPS) is 12.5. The van der Waals surface area contributed by atoms with Crippen LogP contribution >= 0.6 is 0 Å². The Morgan fingerprint density at radius 2 is 2.12 bits per heavy atom. The average molecular weight is 238 g/mol. The van der Waals surface area contributed by atoms with Gasteiger partial charge in [0.2, 0.25) is 0 Å². The lowest BCUT2D eigenvalue weighted by Gasteiger charge is -2.22. The fourth-order valence-electron chi connectivity index (χ4n) is 1.60. The standard InChI is InChI=1S/C12H18N2O3/c1-8(2)11(7-15)13-10-5-4-6-12(9(10)3)14(16)17/h4-6,8,11,13,15H,7H2,1-3H3. The summed E-state index contributed by atoms with van der Waals surface area (Å²) in [6, 6.07) is 4.80. The third-order valence-electron chi connectivity index (χ3n) is 2.84. The highest BCUT2D eigenvalue weighted by Crippen LogP contribution is 2.26. The zero-order valence-corrected chi connectivity index (χ0v) is 10.3. The van der Waals surface area contributed by atoms with Gasteiger partial charge in [0, 0.05) is 17.3 Å². The second-order valence-corrected chi connectivity index (χ2v) is 4.38. The van der Waals surface area contributed by atoms with Crippen molar-refractivity contribution in [1.29, 1.82) is 0 Å². The molecule has 5 nitrogen and oxygen atoms in total. The first-order valence-electron chi connectivity index (χ1n) is 5.58. The van der Waals surface area contributed by atoms with E-state index >= 15 is 0 Å². The van der Waals surface area contributed by atoms with Crippen LogP contribution < -0.4 is 5.32 Å². The molecule has 17 heavy (non-hydrogen) atoms. The summed E-state index contributed by atoms with van der Waals surface area (Å²) < 4.78 is 0. The Labute approximate surface area is 101 Å². The number of aliphatic hydroxyl groups is 1. The van der Waals surface area contributed by atoms with Gasteiger partial charge in [0.05, 0.1) is 17.6 Å². The number of benzene rings is 1. The van der Waals surface area contributed by atoms with E-state index in [1.807, 2.05) is 13.8 Å². The summed E-state index contributed by atoms with van der Waals surface area (Å²) in [6.07, 6.45) is 0. The predicted molar refractivity (Wildman–Crippen MR) is 67.2 cm³/mol. The Morgan fingerprint density at radius 1 is 1.47 bits per heavy atom. The van der Waals surface area contributed by atoms with Crippen LogP contribution in [0, 0.1) is 23.0 Å². The lowest BCUT2D eigenvalue weighted by molar-refractivity contribution is -0.385. The Morgan fingerprint density at radius 3 is 2.59 bits per heavy atom. The van der Waals surface area contributed by atoms with Gasteiger partial charge in [0.25, 0.3) is 5.69 Å². The molecule has 0 amide bonds. The van der Waals surface area contributed by atoms with Crippen molar-refractivity contribution in [3.05, 3.63) is 33.9 Å². The molecule has 0 radical (unpaired) electrons. The summed E-state index contributed by atoms with van der Waals surface area (Å²) >= 11 is 0. The highest BCUT2D eigenvalue weighted by Gasteiger charge is 2.17. The summed E-state index contributed by atoms with van der Waals surface area (Å²) in [6.45, 7) is 5.68. The van der Waals surface area contributed by atoms with Gasteiger partial charge in [-0.05, 0) is 18.9 Å². The molecule has 1 rings (SSSR count). The Kier molecular flexibility index (Phi) is 4.45. The molecule has 0 aromatic heterocycles. The summed E-state index contributed by atoms with van der Waals surface area (Å²) in [5.41, 5.74) is 1.39. The van der Waals surface area contributed by atoms with Gasteiger partial charge in [-0.1, -0.05) is 19.9 Å². The minimum Gasteiger partial charge on any atom is -0.394 e. The fraction of sp³-hybridized carbons (Fsp3) is 0.500. The lowest BCUT2D eigenvalue weighted by atomic mass is 10.0. The number of hydrogen-bond donors (Lipinski definition) is 2. The number of hydrogen-bond acceptors (Lipinski definition) is 4. The van der Waals surface area contributed by atoms with Crippen molar-refractivity contribution < 1.29 is 10.0 Å². The van der Waals surface area contributed by atoms with Gasteiger partial charge in [-0.2, -0.15) is 0 Å². The Hall–Kier alpha value is -1.62. The molecule has 1 aromatic carbocycles. The molecule has 0 aliphatic rings. The molecule has 1 unspecified atom stereocenters. The van der Waals surface area contributed by atoms with Gasteiger partial charge in [-0.15, -0.1) is 0 Å². The molecular formula is C12H18N2O3. The summed E-state index contributed by atoms with van der Waals surface area (Å²) in [4.78, 5) is 10.4. The third-order valence-corrected chi connectivity index (χ3v) is 2.84. The zero-order valence-electron chi connectivity index (χ0n) is 10.3. The molecule has 0 aliphatic carbocycles. The van der Waals surface area contributed by atoms with Gasteiger partial charge >= 0.3 is 0 Å². The van der Waals surface area contributed by atoms with Crippen LogP contribution in [-0.2, 0) is 0 Å². The van der Waals surface area contributed by atoms with Gasteiger partial charge in [-0.25, -0.2) is 0 Å². The molecule has 1 aromatic rings. The Bertz CT molecular complexity index is 405. The molecule has 94 valence electrons. The van der Waals surface area contributed by atoms with Crippen LogP contribution in [0.1, 0.15) is 19.4 Å². The molecule has 0 saturated carbocycles. The summed E-state index contributed by atoms with van der Waals surface area (Å²) in [5.74, 6) is 0.249. The van der Waals surface area contributed by atoms with Crippen molar-refractivity contribution in [1.82, 2.24) is 0 Å². The number of nitrogens with zero attached hydrogens (tertiary/aromatic N) is 1. The number of anilines is 1. The monoisotopic (exact) mass is 238 g/mol. The van der Waals surface area contributed by atoms with Crippen molar-refractivity contribution in [2.45, 2.75) is 26.8 Å². The first-order chi connectivity index (χ1) is 7.97. The van der Waals surface area contributed by atoms with Gasteiger partial charge in [-0.3, -0.25) is 10.1 Å². The van der Waals surface area contributed by atoms with E-state index in [2.05, 4.69) is 5.32 Å². The van der Waals surface area contributed by atoms with E-state index in [-0.39, 0.29) is 24.3 Å². The highest BCUT2D eigenvalue weighted by atomic mass is 16.6. The lowest BCUT2D eigenvalue weighted by Crippen LogP contribution is -2.29. The summed E-state index contributed by atoms with van der Waals surface area (Å²) in [7, 11) is 0. The minimum absolute atomic E-state index is 0.000200. The SMILES string of the molecule is Cc1c(NC(CO)C(C)C)cccc1[N+](=O)[O-]. The van der Waals surface area contributed by atoms with E-state index in [4.69, 9.17) is 0 Å². The first kappa shape index (κ1) is 13.4. The average Bonchev–Trinajstić information content (AvgIpc) is 2.26. The molecule has 0 fully saturated rings. The van der Waals surface area contributed by atoms with E-state index in [0.717, 1.165) is 0 Å². The van der Waals surface area contributed by atoms with E-state index in [1.165, 1.54) is 6.07 Å². The quantitative estimate of drug-likeness (QED) is 0.609. The van der Waals surface area contributed by atoms with Crippen LogP contribution in [-0.4, -0.2) is 22.7 Å². The molecule has 2 N–H and O–H groups in total. The number of rotatable bonds is 5. The van der Waals surface area contributed by atoms with Crippen molar-refractivity contribution in [2.24, 2.45) is 5.92 Å². The smallest absolute Gasteiger partial charge is 0.274 e. The molecule has 0 bridgehead atoms. The maximum absolute atomic E-state index is 10.8. The second-order valence-electron chi connectivity index (χ2n) is 4.38. The van der Waals surface area contributed by atoms with Crippen LogP contribution in [0.5, 0.6) is 0 Å². The van der Waals surface area contributed by atoms with Crippen LogP contribution in [0.4, 0.5) is 11.4 Å². The van der Waals surface area contributed by atoms with Crippen molar-refractivity contribution in [3.63, 3.8) is 0 Å². The van der Waals surface area contributed by atoms with E-state index in [0.29, 0.717) is 11.3 Å². The Balaban J connectivity index is 2.99. The minimum atomic E-state index is -0.399. The van der Waals surface area contributed by atoms with E-state index < -0.39 is 4.92 Å². The van der Waals surface area contributed by atoms with Crippen LogP contribution in [0.3, 0.4) is 0 Å². The van der Waals surface area contributed by atoms with Crippen LogP contribution in [0.15, 0.2) is 18.2 Å². The van der Waals surface area contributed by atoms with Crippen LogP contribution in [0.25, 0.3) is 0 Å². The highest BCUT2D eigenvalue weighted by molar-refractivity contribution is 5.60. The van der Waals surface area contributed by atoms with Gasteiger partial charge in [0.1, 0.15) is 0 Å². The molecule has 1 atom stereocenters. The number of nitrogens with one attached hydrogen (secondary N) is 1. The second kappa shape index (κ2) is 5.63. The molecule has 0 spiro atoms. The summed E-state index contributed by atoms with van der Waals surface area (Å²) in [5, 5.41) is 23.2. The van der Waals surface area contributed by atoms with E-state index in [1.54, 1.807) is 19.1 Å².